The molecule has 1 aromatic heterocycles. The van der Waals surface area contributed by atoms with Crippen molar-refractivity contribution in [3.05, 3.63) is 77.1 Å². The predicted molar refractivity (Wildman–Crippen MR) is 110 cm³/mol. The number of benzene rings is 2. The minimum Gasteiger partial charge on any atom is -0.451 e. The quantitative estimate of drug-likeness (QED) is 0.473. The highest BCUT2D eigenvalue weighted by Gasteiger charge is 2.30. The molecular formula is C21H17F5N2O4S. The van der Waals surface area contributed by atoms with Crippen LogP contribution >= 0.6 is 0 Å². The minimum atomic E-state index is -4.49. The molecule has 0 saturated heterocycles. The Morgan fingerprint density at radius 1 is 1.00 bits per heavy atom. The molecule has 0 aliphatic heterocycles. The molecule has 2 aromatic carbocycles. The average molecular weight is 488 g/mol. The van der Waals surface area contributed by atoms with Gasteiger partial charge < -0.3 is 9.73 Å². The minimum absolute atomic E-state index is 0.0203. The Hall–Kier alpha value is -3.41. The lowest BCUT2D eigenvalue weighted by molar-refractivity contribution is -0.137. The Morgan fingerprint density at radius 3 is 2.09 bits per heavy atom. The van der Waals surface area contributed by atoms with Crippen molar-refractivity contribution in [1.82, 2.24) is 5.32 Å². The number of hydrogen-bond acceptors (Lipinski definition) is 4. The number of carbonyl (C=O) groups is 1. The van der Waals surface area contributed by atoms with Crippen LogP contribution in [-0.4, -0.2) is 20.6 Å². The van der Waals surface area contributed by atoms with Crippen LogP contribution in [0.2, 0.25) is 0 Å². The summed E-state index contributed by atoms with van der Waals surface area (Å²) in [5.74, 6) is -3.10. The SMILES string of the molecule is C[C@@H](NC(=O)c1ccc(-c2ccc(C(F)(F)F)cc2)o1)c1cc(F)c(NS(C)(=O)=O)c(F)c1. The van der Waals surface area contributed by atoms with Crippen LogP contribution in [0.4, 0.5) is 27.6 Å². The number of carbonyl (C=O) groups excluding carboxylic acids is 1. The molecule has 1 heterocycles. The molecule has 0 spiro atoms. The summed E-state index contributed by atoms with van der Waals surface area (Å²) in [5, 5.41) is 2.47. The highest BCUT2D eigenvalue weighted by Crippen LogP contribution is 2.31. The van der Waals surface area contributed by atoms with E-state index in [0.29, 0.717) is 5.56 Å². The van der Waals surface area contributed by atoms with Gasteiger partial charge in [0, 0.05) is 5.56 Å². The maximum absolute atomic E-state index is 14.2. The molecule has 0 unspecified atom stereocenters. The van der Waals surface area contributed by atoms with E-state index in [1.807, 2.05) is 0 Å². The van der Waals surface area contributed by atoms with E-state index in [0.717, 1.165) is 30.5 Å². The summed E-state index contributed by atoms with van der Waals surface area (Å²) in [4.78, 5) is 12.5. The molecule has 0 fully saturated rings. The van der Waals surface area contributed by atoms with Gasteiger partial charge >= 0.3 is 6.18 Å². The number of alkyl halides is 3. The van der Waals surface area contributed by atoms with E-state index in [1.165, 1.54) is 31.2 Å². The third-order valence-corrected chi connectivity index (χ3v) is 5.10. The van der Waals surface area contributed by atoms with E-state index in [9.17, 15) is 35.2 Å². The molecule has 176 valence electrons. The number of hydrogen-bond donors (Lipinski definition) is 2. The second-order valence-corrected chi connectivity index (χ2v) is 8.92. The maximum atomic E-state index is 14.2. The van der Waals surface area contributed by atoms with Gasteiger partial charge in [0.15, 0.2) is 17.4 Å². The van der Waals surface area contributed by atoms with Crippen molar-refractivity contribution in [2.45, 2.75) is 19.1 Å². The molecule has 0 bridgehead atoms. The molecule has 6 nitrogen and oxygen atoms in total. The predicted octanol–water partition coefficient (Wildman–Crippen LogP) is 5.11. The van der Waals surface area contributed by atoms with Gasteiger partial charge in [0.25, 0.3) is 5.91 Å². The van der Waals surface area contributed by atoms with Crippen molar-refractivity contribution < 1.29 is 39.6 Å². The van der Waals surface area contributed by atoms with Crippen LogP contribution in [0.1, 0.15) is 34.6 Å². The molecule has 0 radical (unpaired) electrons. The first-order chi connectivity index (χ1) is 15.2. The normalized spacial score (nSPS) is 12.9. The summed E-state index contributed by atoms with van der Waals surface area (Å²) in [6.07, 6.45) is -3.74. The van der Waals surface area contributed by atoms with Gasteiger partial charge in [-0.25, -0.2) is 17.2 Å². The Labute approximate surface area is 185 Å². The summed E-state index contributed by atoms with van der Waals surface area (Å²) >= 11 is 0. The number of anilines is 1. The van der Waals surface area contributed by atoms with Crippen molar-refractivity contribution in [2.24, 2.45) is 0 Å². The highest BCUT2D eigenvalue weighted by molar-refractivity contribution is 7.92. The average Bonchev–Trinajstić information content (AvgIpc) is 3.19. The second-order valence-electron chi connectivity index (χ2n) is 7.17. The zero-order chi connectivity index (χ0) is 24.6. The number of sulfonamides is 1. The van der Waals surface area contributed by atoms with Crippen molar-refractivity contribution in [1.29, 1.82) is 0 Å². The zero-order valence-corrected chi connectivity index (χ0v) is 17.9. The largest absolute Gasteiger partial charge is 0.451 e. The molecule has 0 saturated carbocycles. The van der Waals surface area contributed by atoms with E-state index in [2.05, 4.69) is 5.32 Å². The summed E-state index contributed by atoms with van der Waals surface area (Å²) in [5.41, 5.74) is -1.34. The van der Waals surface area contributed by atoms with Gasteiger partial charge in [0.05, 0.1) is 17.9 Å². The summed E-state index contributed by atoms with van der Waals surface area (Å²) in [6, 6.07) is 7.70. The number of nitrogens with one attached hydrogen (secondary N) is 2. The smallest absolute Gasteiger partial charge is 0.416 e. The molecule has 0 aliphatic rings. The van der Waals surface area contributed by atoms with E-state index >= 15 is 0 Å². The Bertz CT molecular complexity index is 1260. The molecule has 3 aromatic rings. The molecule has 2 N–H and O–H groups in total. The highest BCUT2D eigenvalue weighted by atomic mass is 32.2. The number of furan rings is 1. The van der Waals surface area contributed by atoms with Gasteiger partial charge in [0.1, 0.15) is 11.4 Å². The standard InChI is InChI=1S/C21H17F5N2O4S/c1-11(13-9-15(22)19(16(23)10-13)28-33(2,30)31)27-20(29)18-8-7-17(32-18)12-3-5-14(6-4-12)21(24,25)26/h3-11,28H,1-2H3,(H,27,29)/t11-/m1/s1. The first-order valence-electron chi connectivity index (χ1n) is 9.29. The summed E-state index contributed by atoms with van der Waals surface area (Å²) in [7, 11) is -3.91. The molecule has 3 rings (SSSR count). The van der Waals surface area contributed by atoms with E-state index in [-0.39, 0.29) is 17.1 Å². The first-order valence-corrected chi connectivity index (χ1v) is 11.2. The topological polar surface area (TPSA) is 88.4 Å². The van der Waals surface area contributed by atoms with Crippen molar-refractivity contribution in [3.8, 4) is 11.3 Å². The molecule has 33 heavy (non-hydrogen) atoms. The first kappa shape index (κ1) is 24.2. The maximum Gasteiger partial charge on any atom is 0.416 e. The Balaban J connectivity index is 1.74. The molecule has 0 aliphatic carbocycles. The van der Waals surface area contributed by atoms with Gasteiger partial charge in [-0.3, -0.25) is 9.52 Å². The van der Waals surface area contributed by atoms with Crippen molar-refractivity contribution >= 4 is 21.6 Å². The molecular weight excluding hydrogens is 471 g/mol. The van der Waals surface area contributed by atoms with Gasteiger partial charge in [-0.15, -0.1) is 0 Å². The second kappa shape index (κ2) is 8.85. The Morgan fingerprint density at radius 2 is 1.58 bits per heavy atom. The van der Waals surface area contributed by atoms with E-state index < -0.39 is 51.0 Å². The third kappa shape index (κ3) is 5.89. The van der Waals surface area contributed by atoms with Gasteiger partial charge in [0.2, 0.25) is 10.0 Å². The van der Waals surface area contributed by atoms with Gasteiger partial charge in [-0.05, 0) is 48.9 Å². The lowest BCUT2D eigenvalue weighted by Crippen LogP contribution is -2.26. The van der Waals surface area contributed by atoms with Crippen molar-refractivity contribution in [2.75, 3.05) is 11.0 Å². The fraction of sp³-hybridized carbons (Fsp3) is 0.190. The van der Waals surface area contributed by atoms with Crippen LogP contribution < -0.4 is 10.0 Å². The zero-order valence-electron chi connectivity index (χ0n) is 17.1. The molecule has 12 heteroatoms. The summed E-state index contributed by atoms with van der Waals surface area (Å²) < 4.78 is 96.0. The van der Waals surface area contributed by atoms with E-state index in [4.69, 9.17) is 4.42 Å². The van der Waals surface area contributed by atoms with Gasteiger partial charge in [-0.2, -0.15) is 13.2 Å². The van der Waals surface area contributed by atoms with Crippen LogP contribution in [0, 0.1) is 11.6 Å². The lowest BCUT2D eigenvalue weighted by Gasteiger charge is -2.15. The molecule has 1 atom stereocenters. The third-order valence-electron chi connectivity index (χ3n) is 4.53. The summed E-state index contributed by atoms with van der Waals surface area (Å²) in [6.45, 7) is 1.44. The van der Waals surface area contributed by atoms with Crippen molar-refractivity contribution in [3.63, 3.8) is 0 Å². The van der Waals surface area contributed by atoms with Gasteiger partial charge in [-0.1, -0.05) is 12.1 Å². The lowest BCUT2D eigenvalue weighted by atomic mass is 10.1. The van der Waals surface area contributed by atoms with Crippen LogP contribution in [-0.2, 0) is 16.2 Å². The van der Waals surface area contributed by atoms with Crippen LogP contribution in [0.5, 0.6) is 0 Å². The van der Waals surface area contributed by atoms with E-state index in [1.54, 1.807) is 4.72 Å². The van der Waals surface area contributed by atoms with Crippen LogP contribution in [0.25, 0.3) is 11.3 Å². The molecule has 1 amide bonds. The number of rotatable bonds is 6. The fourth-order valence-corrected chi connectivity index (χ4v) is 3.48. The van der Waals surface area contributed by atoms with Crippen LogP contribution in [0.15, 0.2) is 52.9 Å². The monoisotopic (exact) mass is 488 g/mol. The number of amides is 1. The fourth-order valence-electron chi connectivity index (χ4n) is 2.92. The number of halogens is 5. The Kier molecular flexibility index (Phi) is 6.50. The van der Waals surface area contributed by atoms with Crippen LogP contribution in [0.3, 0.4) is 0 Å².